The van der Waals surface area contributed by atoms with Crippen LogP contribution in [0.1, 0.15) is 11.6 Å². The summed E-state index contributed by atoms with van der Waals surface area (Å²) in [6.45, 7) is -2.87. The monoisotopic (exact) mass is 231 g/mol. The van der Waals surface area contributed by atoms with Crippen LogP contribution in [0.4, 0.5) is 8.78 Å². The van der Waals surface area contributed by atoms with E-state index >= 15 is 0 Å². The lowest BCUT2D eigenvalue weighted by atomic mass is 10.1. The Balaban J connectivity index is 2.74. The predicted molar refractivity (Wildman–Crippen MR) is 52.0 cm³/mol. The summed E-state index contributed by atoms with van der Waals surface area (Å²) in [5.74, 6) is -0.585. The van der Waals surface area contributed by atoms with Crippen molar-refractivity contribution in [3.8, 4) is 5.75 Å². The average molecular weight is 231 g/mol. The van der Waals surface area contributed by atoms with Gasteiger partial charge in [-0.3, -0.25) is 4.79 Å². The Labute approximate surface area is 91.0 Å². The number of nitrogens with two attached hydrogens (primary N) is 1. The van der Waals surface area contributed by atoms with Crippen LogP contribution in [0.25, 0.3) is 0 Å². The first-order chi connectivity index (χ1) is 7.54. The number of halogens is 2. The molecule has 0 saturated carbocycles. The maximum atomic E-state index is 11.8. The van der Waals surface area contributed by atoms with Crippen molar-refractivity contribution in [3.05, 3.63) is 29.8 Å². The first-order valence-corrected chi connectivity index (χ1v) is 4.42. The summed E-state index contributed by atoms with van der Waals surface area (Å²) in [6, 6.07) is 4.55. The highest BCUT2D eigenvalue weighted by Crippen LogP contribution is 2.18. The molecule has 6 heteroatoms. The number of methoxy groups -OCH3 is 1. The summed E-state index contributed by atoms with van der Waals surface area (Å²) < 4.78 is 32.3. The number of carbonyl (C=O) groups excluding carboxylic acids is 1. The second kappa shape index (κ2) is 5.41. The fourth-order valence-corrected chi connectivity index (χ4v) is 1.12. The second-order valence-electron chi connectivity index (χ2n) is 2.95. The Morgan fingerprint density at radius 1 is 1.31 bits per heavy atom. The van der Waals surface area contributed by atoms with Crippen LogP contribution in [0, 0.1) is 0 Å². The van der Waals surface area contributed by atoms with Gasteiger partial charge in [-0.25, -0.2) is 0 Å². The van der Waals surface area contributed by atoms with Crippen molar-refractivity contribution in [1.29, 1.82) is 0 Å². The van der Waals surface area contributed by atoms with Gasteiger partial charge in [-0.2, -0.15) is 8.78 Å². The van der Waals surface area contributed by atoms with Gasteiger partial charge in [-0.05, 0) is 17.7 Å². The molecule has 0 bridgehead atoms. The minimum Gasteiger partial charge on any atom is -0.468 e. The summed E-state index contributed by atoms with van der Waals surface area (Å²) in [5, 5.41) is 0. The first kappa shape index (κ1) is 12.4. The molecule has 0 fully saturated rings. The SMILES string of the molecule is COC(=O)[C@H](N)c1ccc(OC(F)F)cc1. The molecular formula is C10H11F2NO3. The van der Waals surface area contributed by atoms with E-state index in [1.807, 2.05) is 0 Å². The summed E-state index contributed by atoms with van der Waals surface area (Å²) >= 11 is 0. The van der Waals surface area contributed by atoms with Gasteiger partial charge in [0.2, 0.25) is 0 Å². The van der Waals surface area contributed by atoms with Crippen LogP contribution in [0.5, 0.6) is 5.75 Å². The van der Waals surface area contributed by atoms with E-state index in [1.165, 1.54) is 31.4 Å². The molecule has 1 aromatic carbocycles. The topological polar surface area (TPSA) is 61.5 Å². The minimum atomic E-state index is -2.87. The highest BCUT2D eigenvalue weighted by molar-refractivity contribution is 5.77. The standard InChI is InChI=1S/C10H11F2NO3/c1-15-9(14)8(13)6-2-4-7(5-3-6)16-10(11)12/h2-5,8,10H,13H2,1H3/t8-/m1/s1. The van der Waals surface area contributed by atoms with E-state index in [0.717, 1.165) is 0 Å². The number of hydrogen-bond acceptors (Lipinski definition) is 4. The van der Waals surface area contributed by atoms with Crippen molar-refractivity contribution in [2.45, 2.75) is 12.7 Å². The molecule has 0 aliphatic rings. The van der Waals surface area contributed by atoms with Crippen LogP contribution >= 0.6 is 0 Å². The number of carbonyl (C=O) groups is 1. The number of hydrogen-bond donors (Lipinski definition) is 1. The summed E-state index contributed by atoms with van der Waals surface area (Å²) in [6.07, 6.45) is 0. The Morgan fingerprint density at radius 2 is 1.88 bits per heavy atom. The Kier molecular flexibility index (Phi) is 4.19. The highest BCUT2D eigenvalue weighted by Gasteiger charge is 2.16. The zero-order valence-corrected chi connectivity index (χ0v) is 8.52. The van der Waals surface area contributed by atoms with Crippen LogP contribution < -0.4 is 10.5 Å². The molecule has 0 amide bonds. The molecule has 0 saturated heterocycles. The number of rotatable bonds is 4. The normalized spacial score (nSPS) is 12.3. The van der Waals surface area contributed by atoms with Crippen molar-refractivity contribution >= 4 is 5.97 Å². The van der Waals surface area contributed by atoms with Crippen molar-refractivity contribution in [1.82, 2.24) is 0 Å². The predicted octanol–water partition coefficient (Wildman–Crippen LogP) is 1.46. The van der Waals surface area contributed by atoms with Crippen molar-refractivity contribution in [2.24, 2.45) is 5.73 Å². The largest absolute Gasteiger partial charge is 0.468 e. The quantitative estimate of drug-likeness (QED) is 0.797. The molecule has 1 atom stereocenters. The van der Waals surface area contributed by atoms with E-state index in [9.17, 15) is 13.6 Å². The lowest BCUT2D eigenvalue weighted by Gasteiger charge is -2.10. The molecule has 1 aromatic rings. The molecule has 0 aliphatic carbocycles. The van der Waals surface area contributed by atoms with Crippen LogP contribution in [-0.4, -0.2) is 19.7 Å². The number of alkyl halides is 2. The highest BCUT2D eigenvalue weighted by atomic mass is 19.3. The molecular weight excluding hydrogens is 220 g/mol. The third-order valence-electron chi connectivity index (χ3n) is 1.92. The fraction of sp³-hybridized carbons (Fsp3) is 0.300. The van der Waals surface area contributed by atoms with Gasteiger partial charge in [0, 0.05) is 0 Å². The van der Waals surface area contributed by atoms with Crippen LogP contribution in [0.3, 0.4) is 0 Å². The Hall–Kier alpha value is -1.69. The van der Waals surface area contributed by atoms with Gasteiger partial charge in [0.15, 0.2) is 0 Å². The molecule has 0 spiro atoms. The molecule has 0 radical (unpaired) electrons. The molecule has 88 valence electrons. The average Bonchev–Trinajstić information content (AvgIpc) is 2.27. The molecule has 0 aliphatic heterocycles. The van der Waals surface area contributed by atoms with Crippen molar-refractivity contribution in [3.63, 3.8) is 0 Å². The van der Waals surface area contributed by atoms with Gasteiger partial charge in [0.25, 0.3) is 0 Å². The van der Waals surface area contributed by atoms with E-state index in [2.05, 4.69) is 9.47 Å². The van der Waals surface area contributed by atoms with E-state index in [4.69, 9.17) is 5.73 Å². The van der Waals surface area contributed by atoms with Gasteiger partial charge < -0.3 is 15.2 Å². The van der Waals surface area contributed by atoms with Gasteiger partial charge in [0.05, 0.1) is 7.11 Å². The van der Waals surface area contributed by atoms with Crippen LogP contribution in [0.15, 0.2) is 24.3 Å². The zero-order valence-electron chi connectivity index (χ0n) is 8.52. The van der Waals surface area contributed by atoms with Crippen molar-refractivity contribution < 1.29 is 23.0 Å². The first-order valence-electron chi connectivity index (χ1n) is 4.42. The third kappa shape index (κ3) is 3.16. The van der Waals surface area contributed by atoms with Gasteiger partial charge in [-0.1, -0.05) is 12.1 Å². The molecule has 1 rings (SSSR count). The van der Waals surface area contributed by atoms with Gasteiger partial charge in [0.1, 0.15) is 11.8 Å². The molecule has 2 N–H and O–H groups in total. The third-order valence-corrected chi connectivity index (χ3v) is 1.92. The van der Waals surface area contributed by atoms with Gasteiger partial charge >= 0.3 is 12.6 Å². The molecule has 4 nitrogen and oxygen atoms in total. The van der Waals surface area contributed by atoms with Crippen LogP contribution in [0.2, 0.25) is 0 Å². The lowest BCUT2D eigenvalue weighted by molar-refractivity contribution is -0.142. The van der Waals surface area contributed by atoms with E-state index in [1.54, 1.807) is 0 Å². The van der Waals surface area contributed by atoms with Gasteiger partial charge in [-0.15, -0.1) is 0 Å². The number of benzene rings is 1. The maximum absolute atomic E-state index is 11.8. The maximum Gasteiger partial charge on any atom is 0.387 e. The smallest absolute Gasteiger partial charge is 0.387 e. The fourth-order valence-electron chi connectivity index (χ4n) is 1.12. The van der Waals surface area contributed by atoms with Crippen LogP contribution in [-0.2, 0) is 9.53 Å². The number of esters is 1. The van der Waals surface area contributed by atoms with E-state index in [-0.39, 0.29) is 5.75 Å². The van der Waals surface area contributed by atoms with E-state index < -0.39 is 18.6 Å². The molecule has 0 aromatic heterocycles. The van der Waals surface area contributed by atoms with E-state index in [0.29, 0.717) is 5.56 Å². The Morgan fingerprint density at radius 3 is 2.31 bits per heavy atom. The summed E-state index contributed by atoms with van der Waals surface area (Å²) in [7, 11) is 1.22. The minimum absolute atomic E-state index is 0.0100. The second-order valence-corrected chi connectivity index (χ2v) is 2.95. The zero-order chi connectivity index (χ0) is 12.1. The number of ether oxygens (including phenoxy) is 2. The van der Waals surface area contributed by atoms with Crippen molar-refractivity contribution in [2.75, 3.05) is 7.11 Å². The molecule has 0 heterocycles. The summed E-state index contributed by atoms with van der Waals surface area (Å²) in [5.41, 5.74) is 6.00. The molecule has 0 unspecified atom stereocenters. The lowest BCUT2D eigenvalue weighted by Crippen LogP contribution is -2.22. The molecule has 16 heavy (non-hydrogen) atoms. The summed E-state index contributed by atoms with van der Waals surface area (Å²) in [4.78, 5) is 11.1. The Bertz CT molecular complexity index is 354.